The van der Waals surface area contributed by atoms with Crippen LogP contribution in [0, 0.1) is 0 Å². The summed E-state index contributed by atoms with van der Waals surface area (Å²) in [5.74, 6) is 1.41. The number of pyridine rings is 1. The lowest BCUT2D eigenvalue weighted by atomic mass is 10.3. The molecule has 0 aliphatic rings. The lowest BCUT2D eigenvalue weighted by molar-refractivity contribution is 0.509. The number of H-pyrrole nitrogens is 1. The van der Waals surface area contributed by atoms with E-state index in [0.717, 1.165) is 5.82 Å². The van der Waals surface area contributed by atoms with Crippen LogP contribution in [-0.4, -0.2) is 29.7 Å². The molecule has 0 aliphatic carbocycles. The summed E-state index contributed by atoms with van der Waals surface area (Å²) >= 11 is 0. The molecule has 0 atom stereocenters. The molecule has 0 saturated carbocycles. The second-order valence-electron chi connectivity index (χ2n) is 4.89. The van der Waals surface area contributed by atoms with Crippen molar-refractivity contribution in [2.75, 3.05) is 5.32 Å². The van der Waals surface area contributed by atoms with Crippen molar-refractivity contribution in [3.05, 3.63) is 41.1 Å². The molecule has 0 amide bonds. The molecule has 0 saturated heterocycles. The number of rotatable bonds is 4. The molecular weight excluding hydrogens is 270 g/mol. The summed E-state index contributed by atoms with van der Waals surface area (Å²) in [6.45, 7) is 4.56. The molecule has 3 heterocycles. The standard InChI is InChI=1S/C13H15N7O/c1-8(2)20-12(17-7-19-20)5-15-11-3-9-10(4-14-11)16-6-18-13(9)21/h3-4,6-8H,5H2,1-2H3,(H,14,15)(H,16,18,21). The van der Waals surface area contributed by atoms with Crippen LogP contribution in [0.1, 0.15) is 25.7 Å². The average Bonchev–Trinajstić information content (AvgIpc) is 2.94. The topological polar surface area (TPSA) is 101 Å². The Labute approximate surface area is 120 Å². The minimum Gasteiger partial charge on any atom is -0.363 e. The van der Waals surface area contributed by atoms with Gasteiger partial charge in [-0.2, -0.15) is 5.10 Å². The number of hydrogen-bond acceptors (Lipinski definition) is 6. The SMILES string of the molecule is CC(C)n1ncnc1CNc1cc2c(=O)[nH]cnc2cn1. The van der Waals surface area contributed by atoms with E-state index in [0.29, 0.717) is 23.3 Å². The van der Waals surface area contributed by atoms with Crippen LogP contribution in [0.15, 0.2) is 29.7 Å². The summed E-state index contributed by atoms with van der Waals surface area (Å²) in [5, 5.41) is 7.82. The first-order chi connectivity index (χ1) is 10.1. The number of aromatic nitrogens is 6. The van der Waals surface area contributed by atoms with Crippen molar-refractivity contribution in [3.8, 4) is 0 Å². The number of nitrogens with one attached hydrogen (secondary N) is 2. The average molecular weight is 285 g/mol. The largest absolute Gasteiger partial charge is 0.363 e. The van der Waals surface area contributed by atoms with Crippen LogP contribution in [0.4, 0.5) is 5.82 Å². The number of anilines is 1. The Hall–Kier alpha value is -2.77. The van der Waals surface area contributed by atoms with Gasteiger partial charge in [-0.05, 0) is 19.9 Å². The Bertz CT molecular complexity index is 820. The number of aromatic amines is 1. The lowest BCUT2D eigenvalue weighted by Crippen LogP contribution is -2.13. The van der Waals surface area contributed by atoms with Gasteiger partial charge >= 0.3 is 0 Å². The number of nitrogens with zero attached hydrogens (tertiary/aromatic N) is 5. The molecule has 3 aromatic heterocycles. The van der Waals surface area contributed by atoms with E-state index in [9.17, 15) is 4.79 Å². The summed E-state index contributed by atoms with van der Waals surface area (Å²) < 4.78 is 1.84. The summed E-state index contributed by atoms with van der Waals surface area (Å²) in [5.41, 5.74) is 0.380. The Morgan fingerprint density at radius 2 is 2.19 bits per heavy atom. The third-order valence-electron chi connectivity index (χ3n) is 3.09. The Morgan fingerprint density at radius 3 is 3.00 bits per heavy atom. The second-order valence-corrected chi connectivity index (χ2v) is 4.89. The zero-order valence-corrected chi connectivity index (χ0v) is 11.7. The molecule has 0 aromatic carbocycles. The van der Waals surface area contributed by atoms with Gasteiger partial charge in [0.1, 0.15) is 18.0 Å². The van der Waals surface area contributed by atoms with E-state index in [1.165, 1.54) is 12.7 Å². The number of fused-ring (bicyclic) bond motifs is 1. The molecule has 3 aromatic rings. The highest BCUT2D eigenvalue weighted by Crippen LogP contribution is 2.12. The van der Waals surface area contributed by atoms with Crippen LogP contribution in [0.25, 0.3) is 10.9 Å². The first-order valence-electron chi connectivity index (χ1n) is 6.61. The van der Waals surface area contributed by atoms with E-state index in [-0.39, 0.29) is 11.6 Å². The quantitative estimate of drug-likeness (QED) is 0.744. The van der Waals surface area contributed by atoms with E-state index in [4.69, 9.17) is 0 Å². The summed E-state index contributed by atoms with van der Waals surface area (Å²) in [6, 6.07) is 1.91. The molecule has 8 heteroatoms. The van der Waals surface area contributed by atoms with Crippen molar-refractivity contribution < 1.29 is 0 Å². The molecule has 0 fully saturated rings. The van der Waals surface area contributed by atoms with Crippen molar-refractivity contribution in [1.82, 2.24) is 29.7 Å². The highest BCUT2D eigenvalue weighted by molar-refractivity contribution is 5.78. The predicted octanol–water partition coefficient (Wildman–Crippen LogP) is 1.10. The predicted molar refractivity (Wildman–Crippen MR) is 77.9 cm³/mol. The van der Waals surface area contributed by atoms with E-state index in [2.05, 4.69) is 30.4 Å². The van der Waals surface area contributed by atoms with Gasteiger partial charge in [0.25, 0.3) is 5.56 Å². The zero-order valence-electron chi connectivity index (χ0n) is 11.7. The number of hydrogen-bond donors (Lipinski definition) is 2. The van der Waals surface area contributed by atoms with Crippen LogP contribution >= 0.6 is 0 Å². The summed E-state index contributed by atoms with van der Waals surface area (Å²) in [6.07, 6.45) is 4.46. The highest BCUT2D eigenvalue weighted by Gasteiger charge is 2.08. The Balaban J connectivity index is 1.84. The van der Waals surface area contributed by atoms with Gasteiger partial charge in [-0.25, -0.2) is 19.6 Å². The molecule has 108 valence electrons. The molecule has 8 nitrogen and oxygen atoms in total. The molecule has 0 unspecified atom stereocenters. The normalized spacial score (nSPS) is 11.2. The summed E-state index contributed by atoms with van der Waals surface area (Å²) in [7, 11) is 0. The van der Waals surface area contributed by atoms with Gasteiger partial charge in [-0.3, -0.25) is 4.79 Å². The smallest absolute Gasteiger partial charge is 0.258 e. The molecule has 21 heavy (non-hydrogen) atoms. The van der Waals surface area contributed by atoms with E-state index < -0.39 is 0 Å². The maximum absolute atomic E-state index is 11.7. The van der Waals surface area contributed by atoms with Gasteiger partial charge in [0.2, 0.25) is 0 Å². The van der Waals surface area contributed by atoms with Crippen molar-refractivity contribution in [2.24, 2.45) is 0 Å². The zero-order chi connectivity index (χ0) is 14.8. The van der Waals surface area contributed by atoms with Crippen LogP contribution in [0.3, 0.4) is 0 Å². The highest BCUT2D eigenvalue weighted by atomic mass is 16.1. The molecule has 0 spiro atoms. The van der Waals surface area contributed by atoms with Crippen LogP contribution in [-0.2, 0) is 6.54 Å². The fourth-order valence-corrected chi connectivity index (χ4v) is 2.07. The van der Waals surface area contributed by atoms with Crippen molar-refractivity contribution >= 4 is 16.7 Å². The summed E-state index contributed by atoms with van der Waals surface area (Å²) in [4.78, 5) is 26.8. The minimum absolute atomic E-state index is 0.184. The molecule has 2 N–H and O–H groups in total. The van der Waals surface area contributed by atoms with Crippen LogP contribution in [0.5, 0.6) is 0 Å². The molecule has 0 aliphatic heterocycles. The van der Waals surface area contributed by atoms with Gasteiger partial charge in [-0.15, -0.1) is 0 Å². The Kier molecular flexibility index (Phi) is 3.35. The van der Waals surface area contributed by atoms with Crippen molar-refractivity contribution in [1.29, 1.82) is 0 Å². The van der Waals surface area contributed by atoms with Gasteiger partial charge in [-0.1, -0.05) is 0 Å². The van der Waals surface area contributed by atoms with E-state index in [1.807, 2.05) is 18.5 Å². The van der Waals surface area contributed by atoms with Crippen molar-refractivity contribution in [2.45, 2.75) is 26.4 Å². The molecular formula is C13H15N7O. The maximum Gasteiger partial charge on any atom is 0.258 e. The fraction of sp³-hybridized carbons (Fsp3) is 0.308. The molecule has 0 radical (unpaired) electrons. The third kappa shape index (κ3) is 2.60. The fourth-order valence-electron chi connectivity index (χ4n) is 2.07. The maximum atomic E-state index is 11.7. The van der Waals surface area contributed by atoms with Crippen LogP contribution < -0.4 is 10.9 Å². The van der Waals surface area contributed by atoms with Gasteiger partial charge in [0.15, 0.2) is 0 Å². The van der Waals surface area contributed by atoms with E-state index in [1.54, 1.807) is 12.3 Å². The first kappa shape index (κ1) is 13.2. The minimum atomic E-state index is -0.184. The third-order valence-corrected chi connectivity index (χ3v) is 3.09. The van der Waals surface area contributed by atoms with Gasteiger partial charge < -0.3 is 10.3 Å². The van der Waals surface area contributed by atoms with Crippen LogP contribution in [0.2, 0.25) is 0 Å². The van der Waals surface area contributed by atoms with E-state index >= 15 is 0 Å². The molecule has 0 bridgehead atoms. The molecule has 3 rings (SSSR count). The van der Waals surface area contributed by atoms with Crippen molar-refractivity contribution in [3.63, 3.8) is 0 Å². The van der Waals surface area contributed by atoms with Gasteiger partial charge in [0, 0.05) is 6.04 Å². The van der Waals surface area contributed by atoms with Gasteiger partial charge in [0.05, 0.1) is 30.0 Å². The first-order valence-corrected chi connectivity index (χ1v) is 6.61. The Morgan fingerprint density at radius 1 is 1.33 bits per heavy atom. The monoisotopic (exact) mass is 285 g/mol. The lowest BCUT2D eigenvalue weighted by Gasteiger charge is -2.10. The second kappa shape index (κ2) is 5.31.